The molecule has 0 spiro atoms. The fourth-order valence-corrected chi connectivity index (χ4v) is 3.57. The van der Waals surface area contributed by atoms with Crippen molar-refractivity contribution in [1.82, 2.24) is 4.72 Å². The van der Waals surface area contributed by atoms with Gasteiger partial charge in [0.1, 0.15) is 0 Å². The lowest BCUT2D eigenvalue weighted by Crippen LogP contribution is -2.24. The maximum atomic E-state index is 12.3. The lowest BCUT2D eigenvalue weighted by Gasteiger charge is -2.10. The molecule has 0 heterocycles. The summed E-state index contributed by atoms with van der Waals surface area (Å²) in [5.41, 5.74) is 2.49. The van der Waals surface area contributed by atoms with E-state index in [-0.39, 0.29) is 11.4 Å². The predicted molar refractivity (Wildman–Crippen MR) is 86.4 cm³/mol. The summed E-state index contributed by atoms with van der Waals surface area (Å²) in [6.07, 6.45) is 0. The number of aryl methyl sites for hydroxylation is 2. The van der Waals surface area contributed by atoms with Gasteiger partial charge in [0.15, 0.2) is 0 Å². The summed E-state index contributed by atoms with van der Waals surface area (Å²) in [4.78, 5) is 0.285. The molecule has 0 amide bonds. The number of hydrogen-bond acceptors (Lipinski definition) is 2. The van der Waals surface area contributed by atoms with Gasteiger partial charge in [0.2, 0.25) is 10.0 Å². The van der Waals surface area contributed by atoms with Gasteiger partial charge in [-0.05, 0) is 43.2 Å². The lowest BCUT2D eigenvalue weighted by atomic mass is 10.2. The van der Waals surface area contributed by atoms with Crippen LogP contribution in [-0.2, 0) is 16.6 Å². The van der Waals surface area contributed by atoms with Crippen LogP contribution in [0.4, 0.5) is 0 Å². The summed E-state index contributed by atoms with van der Waals surface area (Å²) in [5, 5.41) is 0.845. The Hall–Kier alpha value is -1.07. The fraction of sp³-hybridized carbons (Fsp3) is 0.200. The molecule has 0 atom stereocenters. The smallest absolute Gasteiger partial charge is 0.207 e. The molecule has 21 heavy (non-hydrogen) atoms. The van der Waals surface area contributed by atoms with Gasteiger partial charge in [-0.3, -0.25) is 0 Å². The molecule has 0 unspecified atom stereocenters. The average molecular weight is 344 g/mol. The highest BCUT2D eigenvalue weighted by Crippen LogP contribution is 2.23. The molecular weight excluding hydrogens is 329 g/mol. The summed E-state index contributed by atoms with van der Waals surface area (Å²) in [5.74, 6) is 0. The topological polar surface area (TPSA) is 46.2 Å². The molecule has 2 aromatic rings. The van der Waals surface area contributed by atoms with Crippen LogP contribution in [0.15, 0.2) is 41.3 Å². The van der Waals surface area contributed by atoms with Gasteiger partial charge in [0.25, 0.3) is 0 Å². The van der Waals surface area contributed by atoms with E-state index in [4.69, 9.17) is 23.2 Å². The van der Waals surface area contributed by atoms with Crippen molar-refractivity contribution in [1.29, 1.82) is 0 Å². The Morgan fingerprint density at radius 3 is 2.33 bits per heavy atom. The van der Waals surface area contributed by atoms with Crippen LogP contribution in [0.3, 0.4) is 0 Å². The maximum absolute atomic E-state index is 12.3. The van der Waals surface area contributed by atoms with Crippen molar-refractivity contribution in [2.45, 2.75) is 25.3 Å². The third-order valence-electron chi connectivity index (χ3n) is 3.07. The number of benzene rings is 2. The van der Waals surface area contributed by atoms with Crippen LogP contribution in [0.2, 0.25) is 10.0 Å². The van der Waals surface area contributed by atoms with E-state index in [2.05, 4.69) is 4.72 Å². The van der Waals surface area contributed by atoms with Crippen molar-refractivity contribution >= 4 is 33.2 Å². The predicted octanol–water partition coefficient (Wildman–Crippen LogP) is 4.09. The second-order valence-corrected chi connectivity index (χ2v) is 7.39. The zero-order chi connectivity index (χ0) is 15.6. The number of sulfonamides is 1. The zero-order valence-electron chi connectivity index (χ0n) is 11.7. The minimum absolute atomic E-state index is 0.159. The highest BCUT2D eigenvalue weighted by atomic mass is 35.5. The van der Waals surface area contributed by atoms with Crippen molar-refractivity contribution in [3.63, 3.8) is 0 Å². The maximum Gasteiger partial charge on any atom is 0.241 e. The van der Waals surface area contributed by atoms with Crippen molar-refractivity contribution in [2.24, 2.45) is 0 Å². The van der Waals surface area contributed by atoms with Crippen LogP contribution in [0.25, 0.3) is 0 Å². The molecule has 2 aromatic carbocycles. The first-order valence-electron chi connectivity index (χ1n) is 6.30. The van der Waals surface area contributed by atoms with Gasteiger partial charge >= 0.3 is 0 Å². The summed E-state index contributed by atoms with van der Waals surface area (Å²) < 4.78 is 27.2. The second kappa shape index (κ2) is 6.36. The SMILES string of the molecule is Cc1ccc(S(=O)(=O)NCc2ccc(Cl)c(Cl)c2)c(C)c1. The first-order chi connectivity index (χ1) is 9.79. The summed E-state index contributed by atoms with van der Waals surface area (Å²) in [6, 6.07) is 10.3. The van der Waals surface area contributed by atoms with Crippen molar-refractivity contribution in [3.8, 4) is 0 Å². The van der Waals surface area contributed by atoms with Gasteiger partial charge in [-0.2, -0.15) is 0 Å². The minimum Gasteiger partial charge on any atom is -0.207 e. The Balaban J connectivity index is 2.19. The lowest BCUT2D eigenvalue weighted by molar-refractivity contribution is 0.580. The Kier molecular flexibility index (Phi) is 4.94. The minimum atomic E-state index is -3.55. The van der Waals surface area contributed by atoms with E-state index < -0.39 is 10.0 Å². The zero-order valence-corrected chi connectivity index (χ0v) is 14.0. The van der Waals surface area contributed by atoms with Gasteiger partial charge in [0.05, 0.1) is 14.9 Å². The van der Waals surface area contributed by atoms with Gasteiger partial charge in [-0.15, -0.1) is 0 Å². The van der Waals surface area contributed by atoms with Gasteiger partial charge < -0.3 is 0 Å². The third kappa shape index (κ3) is 3.98. The number of halogens is 2. The molecule has 0 radical (unpaired) electrons. The van der Waals surface area contributed by atoms with Crippen LogP contribution in [0.1, 0.15) is 16.7 Å². The number of hydrogen-bond donors (Lipinski definition) is 1. The number of rotatable bonds is 4. The normalized spacial score (nSPS) is 11.6. The van der Waals surface area contributed by atoms with Gasteiger partial charge in [0, 0.05) is 6.54 Å². The molecule has 2 rings (SSSR count). The third-order valence-corrected chi connectivity index (χ3v) is 5.37. The molecule has 3 nitrogen and oxygen atoms in total. The van der Waals surface area contributed by atoms with E-state index in [0.29, 0.717) is 10.0 Å². The molecule has 0 aliphatic carbocycles. The van der Waals surface area contributed by atoms with Crippen molar-refractivity contribution in [2.75, 3.05) is 0 Å². The van der Waals surface area contributed by atoms with Crippen LogP contribution in [0.5, 0.6) is 0 Å². The molecule has 0 saturated heterocycles. The molecule has 0 aromatic heterocycles. The average Bonchev–Trinajstić information content (AvgIpc) is 2.40. The van der Waals surface area contributed by atoms with Crippen LogP contribution < -0.4 is 4.72 Å². The van der Waals surface area contributed by atoms with Gasteiger partial charge in [-0.25, -0.2) is 13.1 Å². The second-order valence-electron chi connectivity index (χ2n) is 4.84. The summed E-state index contributed by atoms with van der Waals surface area (Å²) in [6.45, 7) is 3.86. The van der Waals surface area contributed by atoms with E-state index in [1.807, 2.05) is 13.0 Å². The highest BCUT2D eigenvalue weighted by molar-refractivity contribution is 7.89. The highest BCUT2D eigenvalue weighted by Gasteiger charge is 2.16. The number of nitrogens with one attached hydrogen (secondary N) is 1. The Bertz CT molecular complexity index is 773. The molecule has 112 valence electrons. The molecule has 0 bridgehead atoms. The first-order valence-corrected chi connectivity index (χ1v) is 8.54. The quantitative estimate of drug-likeness (QED) is 0.908. The Morgan fingerprint density at radius 2 is 1.71 bits per heavy atom. The van der Waals surface area contributed by atoms with Crippen molar-refractivity contribution < 1.29 is 8.42 Å². The first kappa shape index (κ1) is 16.3. The molecule has 1 N–H and O–H groups in total. The molecular formula is C15H15Cl2NO2S. The fourth-order valence-electron chi connectivity index (χ4n) is 2.01. The van der Waals surface area contributed by atoms with E-state index in [1.165, 1.54) is 0 Å². The van der Waals surface area contributed by atoms with Crippen LogP contribution >= 0.6 is 23.2 Å². The molecule has 0 aliphatic heterocycles. The van der Waals surface area contributed by atoms with E-state index in [9.17, 15) is 8.42 Å². The Labute approximate surface area is 135 Å². The molecule has 0 saturated carbocycles. The van der Waals surface area contributed by atoms with Gasteiger partial charge in [-0.1, -0.05) is 47.0 Å². The van der Waals surface area contributed by atoms with E-state index in [1.54, 1.807) is 37.3 Å². The molecule has 0 aliphatic rings. The molecule has 0 fully saturated rings. The Morgan fingerprint density at radius 1 is 1.00 bits per heavy atom. The summed E-state index contributed by atoms with van der Waals surface area (Å²) in [7, 11) is -3.55. The van der Waals surface area contributed by atoms with Crippen LogP contribution in [0, 0.1) is 13.8 Å². The van der Waals surface area contributed by atoms with E-state index in [0.717, 1.165) is 16.7 Å². The molecule has 6 heteroatoms. The van der Waals surface area contributed by atoms with Crippen molar-refractivity contribution in [3.05, 3.63) is 63.1 Å². The standard InChI is InChI=1S/C15H15Cl2NO2S/c1-10-3-6-15(11(2)7-10)21(19,20)18-9-12-4-5-13(16)14(17)8-12/h3-8,18H,9H2,1-2H3. The van der Waals surface area contributed by atoms with Crippen LogP contribution in [-0.4, -0.2) is 8.42 Å². The van der Waals surface area contributed by atoms with E-state index >= 15 is 0 Å². The summed E-state index contributed by atoms with van der Waals surface area (Å²) >= 11 is 11.7. The largest absolute Gasteiger partial charge is 0.241 e. The monoisotopic (exact) mass is 343 g/mol.